The van der Waals surface area contributed by atoms with Gasteiger partial charge in [-0.2, -0.15) is 0 Å². The quantitative estimate of drug-likeness (QED) is 0.557. The topological polar surface area (TPSA) is 30.9 Å². The second-order valence-electron chi connectivity index (χ2n) is 4.30. The predicted molar refractivity (Wildman–Crippen MR) is 70.5 cm³/mol. The van der Waals surface area contributed by atoms with Gasteiger partial charge in [-0.15, -0.1) is 0 Å². The molecule has 0 aliphatic carbocycles. The second-order valence-corrected chi connectivity index (χ2v) is 4.30. The molecule has 0 N–H and O–H groups in total. The highest BCUT2D eigenvalue weighted by atomic mass is 16.5. The predicted octanol–water partition coefficient (Wildman–Crippen LogP) is 1.78. The Morgan fingerprint density at radius 2 is 1.53 bits per heavy atom. The van der Waals surface area contributed by atoms with E-state index in [4.69, 9.17) is 14.2 Å². The molecule has 4 heteroatoms. The maximum Gasteiger partial charge on any atom is 0.0644 e. The maximum absolute atomic E-state index is 5.54. The first-order valence-electron chi connectivity index (χ1n) is 6.57. The third-order valence-corrected chi connectivity index (χ3v) is 2.71. The van der Waals surface area contributed by atoms with Crippen molar-refractivity contribution in [2.45, 2.75) is 39.8 Å². The third kappa shape index (κ3) is 7.71. The number of hydrogen-bond donors (Lipinski definition) is 0. The Hall–Kier alpha value is -0.160. The van der Waals surface area contributed by atoms with Crippen molar-refractivity contribution < 1.29 is 14.2 Å². The lowest BCUT2D eigenvalue weighted by Gasteiger charge is -2.34. The minimum atomic E-state index is 0.310. The van der Waals surface area contributed by atoms with Crippen molar-refractivity contribution >= 4 is 0 Å². The lowest BCUT2D eigenvalue weighted by Crippen LogP contribution is -2.47. The summed E-state index contributed by atoms with van der Waals surface area (Å²) in [5, 5.41) is 0. The molecule has 17 heavy (non-hydrogen) atoms. The number of rotatable bonds is 11. The van der Waals surface area contributed by atoms with Crippen molar-refractivity contribution in [1.29, 1.82) is 0 Å². The molecule has 0 aromatic rings. The smallest absolute Gasteiger partial charge is 0.0644 e. The number of methoxy groups -OCH3 is 1. The molecule has 0 radical (unpaired) electrons. The molecule has 0 aromatic carbocycles. The van der Waals surface area contributed by atoms with Gasteiger partial charge in [-0.25, -0.2) is 0 Å². The van der Waals surface area contributed by atoms with E-state index < -0.39 is 0 Å². The zero-order valence-corrected chi connectivity index (χ0v) is 12.1. The van der Waals surface area contributed by atoms with Crippen LogP contribution in [0.3, 0.4) is 0 Å². The summed E-state index contributed by atoms with van der Waals surface area (Å²) in [6.45, 7) is 13.0. The molecule has 0 saturated heterocycles. The molecule has 104 valence electrons. The van der Waals surface area contributed by atoms with Crippen molar-refractivity contribution in [3.63, 3.8) is 0 Å². The van der Waals surface area contributed by atoms with Gasteiger partial charge in [-0.05, 0) is 27.7 Å². The van der Waals surface area contributed by atoms with Gasteiger partial charge in [0, 0.05) is 32.9 Å². The molecule has 4 nitrogen and oxygen atoms in total. The van der Waals surface area contributed by atoms with Crippen LogP contribution >= 0.6 is 0 Å². The molecule has 0 rings (SSSR count). The second kappa shape index (κ2) is 11.0. The van der Waals surface area contributed by atoms with E-state index >= 15 is 0 Å². The fourth-order valence-electron chi connectivity index (χ4n) is 1.81. The summed E-state index contributed by atoms with van der Waals surface area (Å²) < 4.78 is 16.2. The molecule has 0 heterocycles. The largest absolute Gasteiger partial charge is 0.383 e. The van der Waals surface area contributed by atoms with E-state index in [-0.39, 0.29) is 0 Å². The van der Waals surface area contributed by atoms with Crippen molar-refractivity contribution in [3.05, 3.63) is 0 Å². The minimum absolute atomic E-state index is 0.310. The molecule has 0 unspecified atom stereocenters. The van der Waals surface area contributed by atoms with Gasteiger partial charge in [0.05, 0.1) is 25.9 Å². The van der Waals surface area contributed by atoms with Crippen LogP contribution in [0.2, 0.25) is 0 Å². The fourth-order valence-corrected chi connectivity index (χ4v) is 1.81. The summed E-state index contributed by atoms with van der Waals surface area (Å²) in [5.74, 6) is 0. The first-order chi connectivity index (χ1) is 8.17. The number of nitrogens with zero attached hydrogens (tertiary/aromatic N) is 1. The highest BCUT2D eigenvalue weighted by Crippen LogP contribution is 2.07. The van der Waals surface area contributed by atoms with Crippen molar-refractivity contribution in [1.82, 2.24) is 4.90 Å². The lowest BCUT2D eigenvalue weighted by atomic mass is 10.2. The summed E-state index contributed by atoms with van der Waals surface area (Å²) in [6, 6.07) is 0.779. The van der Waals surface area contributed by atoms with Crippen LogP contribution in [-0.2, 0) is 14.2 Å². The van der Waals surface area contributed by atoms with Crippen LogP contribution in [0, 0.1) is 0 Å². The molecule has 0 spiro atoms. The van der Waals surface area contributed by atoms with Gasteiger partial charge >= 0.3 is 0 Å². The van der Waals surface area contributed by atoms with E-state index in [1.165, 1.54) is 0 Å². The molecule has 0 aromatic heterocycles. The van der Waals surface area contributed by atoms with E-state index in [0.29, 0.717) is 12.1 Å². The van der Waals surface area contributed by atoms with E-state index in [0.717, 1.165) is 39.6 Å². The zero-order chi connectivity index (χ0) is 13.1. The molecular formula is C13H29NO3. The van der Waals surface area contributed by atoms with Gasteiger partial charge in [0.25, 0.3) is 0 Å². The Morgan fingerprint density at radius 3 is 1.88 bits per heavy atom. The van der Waals surface area contributed by atoms with E-state index in [2.05, 4.69) is 18.7 Å². The van der Waals surface area contributed by atoms with Crippen molar-refractivity contribution in [3.8, 4) is 0 Å². The highest BCUT2D eigenvalue weighted by Gasteiger charge is 2.21. The van der Waals surface area contributed by atoms with Gasteiger partial charge < -0.3 is 14.2 Å². The first-order valence-corrected chi connectivity index (χ1v) is 6.57. The molecule has 0 aliphatic rings. The van der Waals surface area contributed by atoms with Crippen LogP contribution in [-0.4, -0.2) is 63.7 Å². The van der Waals surface area contributed by atoms with E-state index in [9.17, 15) is 0 Å². The molecule has 0 bridgehead atoms. The Morgan fingerprint density at radius 1 is 1.00 bits per heavy atom. The highest BCUT2D eigenvalue weighted by molar-refractivity contribution is 4.74. The van der Waals surface area contributed by atoms with Gasteiger partial charge in [0.1, 0.15) is 0 Å². The molecule has 0 amide bonds. The molecule has 0 fully saturated rings. The van der Waals surface area contributed by atoms with Crippen LogP contribution in [0.4, 0.5) is 0 Å². The van der Waals surface area contributed by atoms with Crippen LogP contribution in [0.15, 0.2) is 0 Å². The Labute approximate surface area is 106 Å². The van der Waals surface area contributed by atoms with Gasteiger partial charge in [0.2, 0.25) is 0 Å². The van der Waals surface area contributed by atoms with Gasteiger partial charge in [0.15, 0.2) is 0 Å². The van der Waals surface area contributed by atoms with Crippen LogP contribution in [0.5, 0.6) is 0 Å². The minimum Gasteiger partial charge on any atom is -0.383 e. The Balaban J connectivity index is 4.32. The number of ether oxygens (including phenoxy) is 3. The molecule has 0 aliphatic heterocycles. The average molecular weight is 247 g/mol. The fraction of sp³-hybridized carbons (Fsp3) is 1.00. The van der Waals surface area contributed by atoms with E-state index in [1.54, 1.807) is 7.11 Å². The van der Waals surface area contributed by atoms with Crippen LogP contribution in [0.1, 0.15) is 27.7 Å². The normalized spacial score (nSPS) is 12.0. The first kappa shape index (κ1) is 16.8. The standard InChI is InChI=1S/C13H29NO3/c1-6-16-10-13(11-17-7-2)14(12(3)4)8-9-15-5/h12-13H,6-11H2,1-5H3. The summed E-state index contributed by atoms with van der Waals surface area (Å²) in [7, 11) is 1.73. The van der Waals surface area contributed by atoms with Crippen LogP contribution in [0.25, 0.3) is 0 Å². The lowest BCUT2D eigenvalue weighted by molar-refractivity contribution is -0.00998. The number of hydrogen-bond acceptors (Lipinski definition) is 4. The van der Waals surface area contributed by atoms with Gasteiger partial charge in [-0.3, -0.25) is 4.90 Å². The average Bonchev–Trinajstić information content (AvgIpc) is 2.31. The van der Waals surface area contributed by atoms with Crippen molar-refractivity contribution in [2.24, 2.45) is 0 Å². The SMILES string of the molecule is CCOCC(COCC)N(CCOC)C(C)C. The van der Waals surface area contributed by atoms with Gasteiger partial charge in [-0.1, -0.05) is 0 Å². The monoisotopic (exact) mass is 247 g/mol. The maximum atomic E-state index is 5.54. The summed E-state index contributed by atoms with van der Waals surface area (Å²) in [5.41, 5.74) is 0. The summed E-state index contributed by atoms with van der Waals surface area (Å²) >= 11 is 0. The molecular weight excluding hydrogens is 218 g/mol. The van der Waals surface area contributed by atoms with Crippen molar-refractivity contribution in [2.75, 3.05) is 46.7 Å². The molecule has 0 atom stereocenters. The van der Waals surface area contributed by atoms with Crippen LogP contribution < -0.4 is 0 Å². The summed E-state index contributed by atoms with van der Waals surface area (Å²) in [6.07, 6.45) is 0. The van der Waals surface area contributed by atoms with E-state index in [1.807, 2.05) is 13.8 Å². The summed E-state index contributed by atoms with van der Waals surface area (Å²) in [4.78, 5) is 2.38. The Kier molecular flexibility index (Phi) is 10.9. The zero-order valence-electron chi connectivity index (χ0n) is 12.1. The third-order valence-electron chi connectivity index (χ3n) is 2.71. The molecule has 0 saturated carbocycles. The Bertz CT molecular complexity index is 157.